The Bertz CT molecular complexity index is 74.8. The number of nitrogens with one attached hydrogen (secondary N) is 1. The Balaban J connectivity index is 2.99. The minimum absolute atomic E-state index is 0.299. The Morgan fingerprint density at radius 1 is 1.75 bits per heavy atom. The Labute approximate surface area is 48.1 Å². The molecule has 0 radical (unpaired) electrons. The van der Waals surface area contributed by atoms with Crippen LogP contribution in [-0.4, -0.2) is 26.1 Å². The predicted octanol–water partition coefficient (Wildman–Crippen LogP) is 0.134. The molecule has 0 fully saturated rings. The van der Waals surface area contributed by atoms with Gasteiger partial charge in [-0.15, -0.1) is 0 Å². The van der Waals surface area contributed by atoms with Gasteiger partial charge in [0.2, 0.25) is 0 Å². The molecule has 0 aliphatic heterocycles. The Morgan fingerprint density at radius 3 is 2.75 bits per heavy atom. The monoisotopic (exact) mass is 119 g/mol. The zero-order valence-corrected chi connectivity index (χ0v) is 4.91. The van der Waals surface area contributed by atoms with Crippen molar-refractivity contribution in [3.05, 3.63) is 0 Å². The summed E-state index contributed by atoms with van der Waals surface area (Å²) in [6.45, 7) is -0.259. The standard InChI is InChI=1S/C5H10FNO/c1-7-3-2-5(8)4-6/h7H,2-4H2,1H3. The van der Waals surface area contributed by atoms with E-state index in [-0.39, 0.29) is 5.78 Å². The summed E-state index contributed by atoms with van der Waals surface area (Å²) in [6.07, 6.45) is 0.299. The fraction of sp³-hybridized carbons (Fsp3) is 0.800. The lowest BCUT2D eigenvalue weighted by Crippen LogP contribution is -2.13. The first-order chi connectivity index (χ1) is 3.81. The first-order valence-corrected chi connectivity index (χ1v) is 2.53. The highest BCUT2D eigenvalue weighted by molar-refractivity contribution is 5.79. The van der Waals surface area contributed by atoms with Crippen molar-refractivity contribution in [2.75, 3.05) is 20.3 Å². The van der Waals surface area contributed by atoms with Gasteiger partial charge in [-0.3, -0.25) is 4.79 Å². The number of rotatable bonds is 4. The van der Waals surface area contributed by atoms with Gasteiger partial charge in [0.05, 0.1) is 0 Å². The molecule has 0 spiro atoms. The van der Waals surface area contributed by atoms with Gasteiger partial charge >= 0.3 is 0 Å². The lowest BCUT2D eigenvalue weighted by Gasteiger charge is -1.91. The molecule has 0 atom stereocenters. The van der Waals surface area contributed by atoms with Crippen molar-refractivity contribution < 1.29 is 9.18 Å². The maximum atomic E-state index is 11.3. The van der Waals surface area contributed by atoms with Crippen molar-refractivity contribution in [1.29, 1.82) is 0 Å². The van der Waals surface area contributed by atoms with E-state index < -0.39 is 6.67 Å². The number of hydrogen-bond acceptors (Lipinski definition) is 2. The van der Waals surface area contributed by atoms with Gasteiger partial charge in [-0.1, -0.05) is 0 Å². The molecule has 0 heterocycles. The van der Waals surface area contributed by atoms with Crippen LogP contribution >= 0.6 is 0 Å². The molecule has 0 aromatic rings. The molecule has 0 aliphatic carbocycles. The fourth-order valence-corrected chi connectivity index (χ4v) is 0.331. The summed E-state index contributed by atoms with van der Waals surface area (Å²) >= 11 is 0. The number of carbonyl (C=O) groups is 1. The third-order valence-corrected chi connectivity index (χ3v) is 0.803. The van der Waals surface area contributed by atoms with Gasteiger partial charge in [-0.05, 0) is 7.05 Å². The highest BCUT2D eigenvalue weighted by atomic mass is 19.1. The van der Waals surface area contributed by atoms with Gasteiger partial charge in [0, 0.05) is 13.0 Å². The van der Waals surface area contributed by atoms with Crippen molar-refractivity contribution in [3.63, 3.8) is 0 Å². The van der Waals surface area contributed by atoms with Gasteiger partial charge in [0.25, 0.3) is 0 Å². The van der Waals surface area contributed by atoms with E-state index in [0.717, 1.165) is 0 Å². The molecule has 0 saturated heterocycles. The molecule has 1 N–H and O–H groups in total. The van der Waals surface area contributed by atoms with E-state index in [2.05, 4.69) is 5.32 Å². The van der Waals surface area contributed by atoms with E-state index >= 15 is 0 Å². The van der Waals surface area contributed by atoms with Crippen LogP contribution in [0.3, 0.4) is 0 Å². The average molecular weight is 119 g/mol. The summed E-state index contributed by atoms with van der Waals surface area (Å²) in [4.78, 5) is 10.2. The van der Waals surface area contributed by atoms with Crippen molar-refractivity contribution in [2.24, 2.45) is 0 Å². The number of Topliss-reactive ketones (excluding diaryl/α,β-unsaturated/α-hetero) is 1. The van der Waals surface area contributed by atoms with E-state index in [1.54, 1.807) is 7.05 Å². The van der Waals surface area contributed by atoms with E-state index in [0.29, 0.717) is 13.0 Å². The van der Waals surface area contributed by atoms with Crippen LogP contribution in [-0.2, 0) is 4.79 Å². The van der Waals surface area contributed by atoms with Gasteiger partial charge < -0.3 is 5.32 Å². The van der Waals surface area contributed by atoms with Crippen LogP contribution < -0.4 is 5.32 Å². The summed E-state index contributed by atoms with van der Waals surface area (Å²) in [5.41, 5.74) is 0. The van der Waals surface area contributed by atoms with Gasteiger partial charge in [0.1, 0.15) is 6.67 Å². The largest absolute Gasteiger partial charge is 0.319 e. The van der Waals surface area contributed by atoms with Crippen LogP contribution in [0.15, 0.2) is 0 Å². The summed E-state index contributed by atoms with van der Waals surface area (Å²) in [6, 6.07) is 0. The zero-order valence-electron chi connectivity index (χ0n) is 4.91. The Morgan fingerprint density at radius 2 is 2.38 bits per heavy atom. The third-order valence-electron chi connectivity index (χ3n) is 0.803. The van der Waals surface area contributed by atoms with Gasteiger partial charge in [0.15, 0.2) is 5.78 Å². The van der Waals surface area contributed by atoms with Gasteiger partial charge in [-0.2, -0.15) is 0 Å². The number of halogens is 1. The summed E-state index contributed by atoms with van der Waals surface area (Å²) in [5, 5.41) is 2.75. The molecule has 8 heavy (non-hydrogen) atoms. The molecule has 0 rings (SSSR count). The maximum Gasteiger partial charge on any atom is 0.165 e. The minimum atomic E-state index is -0.832. The third kappa shape index (κ3) is 3.74. The molecular formula is C5H10FNO. The lowest BCUT2D eigenvalue weighted by molar-refractivity contribution is -0.119. The van der Waals surface area contributed by atoms with Crippen LogP contribution in [0, 0.1) is 0 Å². The number of hydrogen-bond donors (Lipinski definition) is 1. The highest BCUT2D eigenvalue weighted by Crippen LogP contribution is 1.79. The van der Waals surface area contributed by atoms with Gasteiger partial charge in [-0.25, -0.2) is 4.39 Å². The molecule has 3 heteroatoms. The van der Waals surface area contributed by atoms with Crippen molar-refractivity contribution in [3.8, 4) is 0 Å². The second kappa shape index (κ2) is 4.71. The van der Waals surface area contributed by atoms with E-state index in [1.165, 1.54) is 0 Å². The highest BCUT2D eigenvalue weighted by Gasteiger charge is 1.96. The number of carbonyl (C=O) groups excluding carboxylic acids is 1. The number of ketones is 1. The van der Waals surface area contributed by atoms with Crippen LogP contribution in [0.4, 0.5) is 4.39 Å². The fourth-order valence-electron chi connectivity index (χ4n) is 0.331. The van der Waals surface area contributed by atoms with E-state index in [4.69, 9.17) is 0 Å². The number of alkyl halides is 1. The first kappa shape index (κ1) is 7.56. The summed E-state index contributed by atoms with van der Waals surface area (Å²) in [5.74, 6) is -0.334. The van der Waals surface area contributed by atoms with Crippen LogP contribution in [0.25, 0.3) is 0 Å². The second-order valence-electron chi connectivity index (χ2n) is 1.53. The van der Waals surface area contributed by atoms with Crippen LogP contribution in [0.1, 0.15) is 6.42 Å². The van der Waals surface area contributed by atoms with Crippen molar-refractivity contribution >= 4 is 5.78 Å². The molecule has 0 saturated carbocycles. The summed E-state index contributed by atoms with van der Waals surface area (Å²) in [7, 11) is 1.73. The quantitative estimate of drug-likeness (QED) is 0.570. The minimum Gasteiger partial charge on any atom is -0.319 e. The molecule has 0 unspecified atom stereocenters. The molecular weight excluding hydrogens is 109 g/mol. The molecule has 0 bridgehead atoms. The Kier molecular flexibility index (Phi) is 4.45. The molecule has 0 aromatic heterocycles. The molecule has 0 aromatic carbocycles. The SMILES string of the molecule is CNCCC(=O)CF. The van der Waals surface area contributed by atoms with E-state index in [9.17, 15) is 9.18 Å². The van der Waals surface area contributed by atoms with E-state index in [1.807, 2.05) is 0 Å². The smallest absolute Gasteiger partial charge is 0.165 e. The second-order valence-corrected chi connectivity index (χ2v) is 1.53. The normalized spacial score (nSPS) is 9.25. The first-order valence-electron chi connectivity index (χ1n) is 2.53. The molecule has 2 nitrogen and oxygen atoms in total. The lowest BCUT2D eigenvalue weighted by atomic mass is 10.3. The van der Waals surface area contributed by atoms with Crippen LogP contribution in [0.5, 0.6) is 0 Å². The molecule has 0 amide bonds. The predicted molar refractivity (Wildman–Crippen MR) is 29.5 cm³/mol. The topological polar surface area (TPSA) is 29.1 Å². The average Bonchev–Trinajstić information content (AvgIpc) is 1.83. The molecule has 48 valence electrons. The van der Waals surface area contributed by atoms with Crippen molar-refractivity contribution in [1.82, 2.24) is 5.32 Å². The van der Waals surface area contributed by atoms with Crippen LogP contribution in [0.2, 0.25) is 0 Å². The maximum absolute atomic E-state index is 11.3. The Hall–Kier alpha value is -0.440. The summed E-state index contributed by atoms with van der Waals surface area (Å²) < 4.78 is 11.3. The van der Waals surface area contributed by atoms with Crippen molar-refractivity contribution in [2.45, 2.75) is 6.42 Å². The zero-order chi connectivity index (χ0) is 6.41. The molecule has 0 aliphatic rings.